The number of aromatic nitrogens is 3. The van der Waals surface area contributed by atoms with E-state index in [1.807, 2.05) is 67.7 Å². The number of likely N-dealkylation sites (tertiary alicyclic amines) is 1. The van der Waals surface area contributed by atoms with Gasteiger partial charge in [-0.05, 0) is 60.3 Å². The summed E-state index contributed by atoms with van der Waals surface area (Å²) in [5, 5.41) is 7.62. The maximum Gasteiger partial charge on any atom is 0.320 e. The molecule has 0 bridgehead atoms. The number of amides is 2. The molecule has 3 aromatic heterocycles. The van der Waals surface area contributed by atoms with E-state index in [4.69, 9.17) is 28.7 Å². The van der Waals surface area contributed by atoms with Gasteiger partial charge in [0.25, 0.3) is 0 Å². The van der Waals surface area contributed by atoms with Crippen LogP contribution < -0.4 is 34.5 Å². The van der Waals surface area contributed by atoms with Crippen molar-refractivity contribution >= 4 is 28.4 Å². The van der Waals surface area contributed by atoms with E-state index in [-0.39, 0.29) is 12.1 Å². The number of aryl methyl sites for hydroxylation is 1. The first-order chi connectivity index (χ1) is 25.3. The average molecular weight is 708 g/mol. The normalized spacial score (nSPS) is 13.0. The Bertz CT molecular complexity index is 1960. The first-order valence-corrected chi connectivity index (χ1v) is 17.0. The van der Waals surface area contributed by atoms with Crippen molar-refractivity contribution in [3.8, 4) is 34.3 Å². The summed E-state index contributed by atoms with van der Waals surface area (Å²) in [6, 6.07) is 17.1. The van der Waals surface area contributed by atoms with E-state index >= 15 is 0 Å². The largest absolute Gasteiger partial charge is 0.497 e. The van der Waals surface area contributed by atoms with Gasteiger partial charge in [-0.25, -0.2) is 14.8 Å². The fourth-order valence-corrected chi connectivity index (χ4v) is 6.29. The van der Waals surface area contributed by atoms with Crippen molar-refractivity contribution in [3.63, 3.8) is 0 Å². The number of ether oxygens (including phenoxy) is 5. The Balaban J connectivity index is 1.41. The van der Waals surface area contributed by atoms with Crippen LogP contribution in [0.1, 0.15) is 16.7 Å². The van der Waals surface area contributed by atoms with Crippen LogP contribution in [0.3, 0.4) is 0 Å². The molecule has 0 spiro atoms. The van der Waals surface area contributed by atoms with Crippen molar-refractivity contribution in [2.45, 2.75) is 26.1 Å². The van der Waals surface area contributed by atoms with Gasteiger partial charge in [0.05, 0.1) is 46.8 Å². The monoisotopic (exact) mass is 707 g/mol. The maximum absolute atomic E-state index is 13.0. The number of fused-ring (bicyclic) bond motifs is 1. The fraction of sp³-hybridized carbons (Fsp3) is 0.333. The van der Waals surface area contributed by atoms with Crippen LogP contribution >= 0.6 is 0 Å². The molecule has 2 aromatic carbocycles. The minimum atomic E-state index is -0.305. The lowest BCUT2D eigenvalue weighted by Gasteiger charge is -2.39. The van der Waals surface area contributed by atoms with Crippen LogP contribution in [0.15, 0.2) is 73.2 Å². The van der Waals surface area contributed by atoms with Crippen LogP contribution in [0, 0.1) is 6.92 Å². The Morgan fingerprint density at radius 1 is 0.865 bits per heavy atom. The highest BCUT2D eigenvalue weighted by Gasteiger charge is 2.28. The van der Waals surface area contributed by atoms with Gasteiger partial charge in [0, 0.05) is 92.6 Å². The number of benzene rings is 2. The summed E-state index contributed by atoms with van der Waals surface area (Å²) < 4.78 is 27.8. The molecule has 0 unspecified atom stereocenters. The molecule has 52 heavy (non-hydrogen) atoms. The molecule has 1 aliphatic heterocycles. The number of urea groups is 1. The quantitative estimate of drug-likeness (QED) is 0.139. The molecule has 0 radical (unpaired) electrons. The molecule has 2 amide bonds. The fourth-order valence-electron chi connectivity index (χ4n) is 6.29. The lowest BCUT2D eigenvalue weighted by Crippen LogP contribution is -2.60. The number of pyridine rings is 3. The van der Waals surface area contributed by atoms with Gasteiger partial charge in [-0.1, -0.05) is 0 Å². The van der Waals surface area contributed by atoms with Crippen molar-refractivity contribution in [3.05, 3.63) is 89.9 Å². The highest BCUT2D eigenvalue weighted by molar-refractivity contribution is 5.98. The van der Waals surface area contributed by atoms with Crippen molar-refractivity contribution in [1.82, 2.24) is 25.2 Å². The number of hydrogen-bond donors (Lipinski definition) is 2. The van der Waals surface area contributed by atoms with Gasteiger partial charge in [-0.15, -0.1) is 0 Å². The van der Waals surface area contributed by atoms with Gasteiger partial charge in [-0.2, -0.15) is 0 Å². The summed E-state index contributed by atoms with van der Waals surface area (Å²) in [7, 11) is 8.23. The first kappa shape index (κ1) is 36.1. The van der Waals surface area contributed by atoms with Gasteiger partial charge < -0.3 is 33.9 Å². The lowest BCUT2D eigenvalue weighted by molar-refractivity contribution is 0.0867. The number of anilines is 2. The van der Waals surface area contributed by atoms with E-state index in [0.29, 0.717) is 54.3 Å². The highest BCUT2D eigenvalue weighted by Crippen LogP contribution is 2.36. The van der Waals surface area contributed by atoms with Crippen molar-refractivity contribution in [1.29, 1.82) is 0 Å². The second kappa shape index (κ2) is 16.6. The van der Waals surface area contributed by atoms with Crippen LogP contribution in [0.25, 0.3) is 22.0 Å². The number of carbonyl (C=O) groups excluding carboxylic acids is 1. The molecule has 5 aromatic rings. The Hall–Kier alpha value is -5.66. The second-order valence-corrected chi connectivity index (χ2v) is 12.6. The summed E-state index contributed by atoms with van der Waals surface area (Å²) in [6.07, 6.45) is 5.34. The lowest BCUT2D eigenvalue weighted by atomic mass is 10.0. The molecule has 1 saturated heterocycles. The van der Waals surface area contributed by atoms with Crippen LogP contribution in [0.5, 0.6) is 23.0 Å². The second-order valence-electron chi connectivity index (χ2n) is 12.6. The summed E-state index contributed by atoms with van der Waals surface area (Å²) in [6.45, 7) is 5.93. The van der Waals surface area contributed by atoms with E-state index < -0.39 is 0 Å². The minimum absolute atomic E-state index is 0.0618. The van der Waals surface area contributed by atoms with E-state index in [9.17, 15) is 4.79 Å². The molecule has 2 N–H and O–H groups in total. The van der Waals surface area contributed by atoms with Crippen LogP contribution in [0.2, 0.25) is 0 Å². The zero-order chi connectivity index (χ0) is 36.6. The predicted octanol–water partition coefficient (Wildman–Crippen LogP) is 5.69. The number of rotatable bonds is 15. The van der Waals surface area contributed by atoms with E-state index in [1.54, 1.807) is 47.9 Å². The van der Waals surface area contributed by atoms with E-state index in [0.717, 1.165) is 58.4 Å². The molecule has 6 rings (SSSR count). The molecule has 1 fully saturated rings. The van der Waals surface area contributed by atoms with Crippen molar-refractivity contribution in [2.24, 2.45) is 0 Å². The Morgan fingerprint density at radius 2 is 1.54 bits per heavy atom. The third kappa shape index (κ3) is 8.27. The summed E-state index contributed by atoms with van der Waals surface area (Å²) in [5.74, 6) is 3.84. The van der Waals surface area contributed by atoms with Gasteiger partial charge in [-0.3, -0.25) is 15.2 Å². The molecular weight excluding hydrogens is 662 g/mol. The first-order valence-electron chi connectivity index (χ1n) is 17.0. The van der Waals surface area contributed by atoms with Gasteiger partial charge in [0.2, 0.25) is 0 Å². The summed E-state index contributed by atoms with van der Waals surface area (Å²) in [5.41, 5.74) is 4.50. The van der Waals surface area contributed by atoms with Gasteiger partial charge in [0.15, 0.2) is 0 Å². The maximum atomic E-state index is 13.0. The molecule has 272 valence electrons. The van der Waals surface area contributed by atoms with Crippen LogP contribution in [-0.4, -0.2) is 93.7 Å². The molecule has 1 aliphatic rings. The molecule has 0 aliphatic carbocycles. The average Bonchev–Trinajstić information content (AvgIpc) is 3.15. The number of methoxy groups -OCH3 is 5. The van der Waals surface area contributed by atoms with Gasteiger partial charge in [0.1, 0.15) is 34.6 Å². The molecule has 13 nitrogen and oxygen atoms in total. The zero-order valence-electron chi connectivity index (χ0n) is 30.4. The molecule has 0 atom stereocenters. The Kier molecular flexibility index (Phi) is 11.5. The number of carbonyl (C=O) groups is 1. The SMILES string of the molecule is COCCN1CC(NC(=O)Nc2cc3cc(-c4cnccc4C)nc(N(Cc4ccc(OC)cc4OC)Cc4ccc(OC)cc4OC)c3cn2)C1. The smallest absolute Gasteiger partial charge is 0.320 e. The zero-order valence-corrected chi connectivity index (χ0v) is 30.4. The number of nitrogens with one attached hydrogen (secondary N) is 2. The minimum Gasteiger partial charge on any atom is -0.497 e. The molecular formula is C39H45N7O6. The number of nitrogens with zero attached hydrogens (tertiary/aromatic N) is 5. The third-order valence-electron chi connectivity index (χ3n) is 9.17. The van der Waals surface area contributed by atoms with E-state index in [2.05, 4.69) is 30.4 Å². The van der Waals surface area contributed by atoms with Crippen molar-refractivity contribution < 1.29 is 28.5 Å². The molecule has 13 heteroatoms. The van der Waals surface area contributed by atoms with Crippen LogP contribution in [0.4, 0.5) is 16.4 Å². The summed E-state index contributed by atoms with van der Waals surface area (Å²) >= 11 is 0. The van der Waals surface area contributed by atoms with Gasteiger partial charge >= 0.3 is 6.03 Å². The highest BCUT2D eigenvalue weighted by atomic mass is 16.5. The molecule has 0 saturated carbocycles. The topological polar surface area (TPSA) is 132 Å². The summed E-state index contributed by atoms with van der Waals surface area (Å²) in [4.78, 5) is 31.8. The Morgan fingerprint density at radius 3 is 2.13 bits per heavy atom. The Labute approximate surface area is 303 Å². The van der Waals surface area contributed by atoms with E-state index in [1.165, 1.54) is 0 Å². The molecule has 4 heterocycles. The third-order valence-corrected chi connectivity index (χ3v) is 9.17. The predicted molar refractivity (Wildman–Crippen MR) is 201 cm³/mol. The standard InChI is InChI=1S/C39H45N7O6/c1-25-11-12-40-19-32(25)34-15-28-16-37(44-39(47)42-29-23-45(24-29)13-14-48-2)41-20-33(28)38(43-34)46(21-26-7-9-30(49-3)17-35(26)51-5)22-27-8-10-31(50-4)18-36(27)52-6/h7-12,15-20,29H,13-14,21-24H2,1-6H3,(H2,41,42,44,47). The van der Waals surface area contributed by atoms with Crippen LogP contribution in [-0.2, 0) is 17.8 Å². The van der Waals surface area contributed by atoms with Crippen molar-refractivity contribution in [2.75, 3.05) is 72.0 Å². The number of hydrogen-bond acceptors (Lipinski definition) is 11.